The van der Waals surface area contributed by atoms with Crippen LogP contribution in [-0.2, 0) is 15.6 Å². The predicted octanol–water partition coefficient (Wildman–Crippen LogP) is 9.16. The Kier molecular flexibility index (Phi) is 9.30. The highest BCUT2D eigenvalue weighted by atomic mass is 19.4. The largest absolute Gasteiger partial charge is 0.458 e. The van der Waals surface area contributed by atoms with Gasteiger partial charge in [-0.2, -0.15) is 22.0 Å². The van der Waals surface area contributed by atoms with E-state index in [0.717, 1.165) is 24.1 Å². The Morgan fingerprint density at radius 1 is 0.830 bits per heavy atom. The summed E-state index contributed by atoms with van der Waals surface area (Å²) in [5.41, 5.74) is -1.50. The smallest absolute Gasteiger partial charge is 0.429 e. The average molecular weight is 661 g/mol. The number of alkyl halides is 5. The zero-order valence-electron chi connectivity index (χ0n) is 24.2. The van der Waals surface area contributed by atoms with Crippen molar-refractivity contribution >= 4 is 16.8 Å². The lowest BCUT2D eigenvalue weighted by molar-refractivity contribution is -0.202. The van der Waals surface area contributed by atoms with Crippen molar-refractivity contribution in [3.05, 3.63) is 118 Å². The summed E-state index contributed by atoms with van der Waals surface area (Å²) >= 11 is 0. The maximum Gasteiger partial charge on any atom is 0.458 e. The van der Waals surface area contributed by atoms with E-state index in [0.29, 0.717) is 48.1 Å². The third-order valence-electron chi connectivity index (χ3n) is 6.88. The van der Waals surface area contributed by atoms with Crippen molar-refractivity contribution in [2.45, 2.75) is 25.5 Å². The fourth-order valence-electron chi connectivity index (χ4n) is 4.68. The molecular weight excluding hydrogens is 639 g/mol. The van der Waals surface area contributed by atoms with Crippen LogP contribution in [0.5, 0.6) is 5.75 Å². The van der Waals surface area contributed by atoms with Crippen LogP contribution in [0.2, 0.25) is 0 Å². The number of rotatable bonds is 5. The summed E-state index contributed by atoms with van der Waals surface area (Å²) in [6, 6.07) is 9.11. The first kappa shape index (κ1) is 33.5. The van der Waals surface area contributed by atoms with E-state index in [4.69, 9.17) is 9.47 Å². The van der Waals surface area contributed by atoms with Gasteiger partial charge in [-0.1, -0.05) is 43.4 Å². The van der Waals surface area contributed by atoms with Crippen LogP contribution in [0.4, 0.5) is 39.5 Å². The van der Waals surface area contributed by atoms with Gasteiger partial charge in [0, 0.05) is 33.9 Å². The third-order valence-corrected chi connectivity index (χ3v) is 6.88. The normalized spacial score (nSPS) is 16.6. The molecule has 0 aliphatic carbocycles. The molecule has 0 N–H and O–H groups in total. The molecule has 0 radical (unpaired) electrons. The molecule has 0 unspecified atom stereocenters. The van der Waals surface area contributed by atoms with Gasteiger partial charge < -0.3 is 14.2 Å². The van der Waals surface area contributed by atoms with E-state index in [1.807, 2.05) is 6.92 Å². The molecule has 5 rings (SSSR count). The van der Waals surface area contributed by atoms with E-state index in [1.54, 1.807) is 18.2 Å². The SMILES string of the molecule is C=Cc1cc(C2OCC(C)CO2)ccc1C#Cc1cc(F)c(C(F)(F)Oc2ccc3c(F)c(C#CC(F)(F)F)c(F)cc3c2)c(F)c1. The molecule has 47 heavy (non-hydrogen) atoms. The van der Waals surface area contributed by atoms with Crippen molar-refractivity contribution in [2.75, 3.05) is 13.2 Å². The summed E-state index contributed by atoms with van der Waals surface area (Å²) in [5.74, 6) is 0.529. The van der Waals surface area contributed by atoms with E-state index in [9.17, 15) is 30.7 Å². The van der Waals surface area contributed by atoms with Gasteiger partial charge in [-0.3, -0.25) is 0 Å². The molecular formula is C35H21F9O3. The Labute approximate surface area is 262 Å². The molecule has 242 valence electrons. The second kappa shape index (κ2) is 13.1. The lowest BCUT2D eigenvalue weighted by Gasteiger charge is -2.27. The van der Waals surface area contributed by atoms with Crippen LogP contribution in [0, 0.1) is 52.9 Å². The fourth-order valence-corrected chi connectivity index (χ4v) is 4.68. The van der Waals surface area contributed by atoms with Gasteiger partial charge in [0.1, 0.15) is 34.6 Å². The lowest BCUT2D eigenvalue weighted by Crippen LogP contribution is -2.25. The summed E-state index contributed by atoms with van der Waals surface area (Å²) in [4.78, 5) is 0. The van der Waals surface area contributed by atoms with E-state index in [2.05, 4.69) is 23.2 Å². The molecule has 1 fully saturated rings. The van der Waals surface area contributed by atoms with Crippen LogP contribution in [0.1, 0.15) is 46.6 Å². The van der Waals surface area contributed by atoms with Crippen molar-refractivity contribution in [3.63, 3.8) is 0 Å². The van der Waals surface area contributed by atoms with Gasteiger partial charge in [0.15, 0.2) is 6.29 Å². The maximum absolute atomic E-state index is 15.0. The summed E-state index contributed by atoms with van der Waals surface area (Å²) in [6.45, 7) is 6.76. The van der Waals surface area contributed by atoms with Gasteiger partial charge in [-0.05, 0) is 59.5 Å². The number of hydrogen-bond donors (Lipinski definition) is 0. The highest BCUT2D eigenvalue weighted by Gasteiger charge is 2.41. The second-order valence-corrected chi connectivity index (χ2v) is 10.5. The molecule has 1 saturated heterocycles. The molecule has 0 amide bonds. The van der Waals surface area contributed by atoms with Gasteiger partial charge in [-0.25, -0.2) is 17.6 Å². The van der Waals surface area contributed by atoms with Crippen molar-refractivity contribution in [2.24, 2.45) is 5.92 Å². The average Bonchev–Trinajstić information content (AvgIpc) is 2.99. The van der Waals surface area contributed by atoms with E-state index >= 15 is 8.78 Å². The molecule has 1 aliphatic rings. The zero-order valence-corrected chi connectivity index (χ0v) is 24.2. The van der Waals surface area contributed by atoms with E-state index in [-0.39, 0.29) is 11.5 Å². The van der Waals surface area contributed by atoms with Crippen LogP contribution in [0.25, 0.3) is 16.8 Å². The molecule has 1 aliphatic heterocycles. The van der Waals surface area contributed by atoms with E-state index in [1.165, 1.54) is 12.0 Å². The zero-order chi connectivity index (χ0) is 34.1. The Morgan fingerprint density at radius 3 is 2.15 bits per heavy atom. The third kappa shape index (κ3) is 7.57. The number of fused-ring (bicyclic) bond motifs is 1. The maximum atomic E-state index is 15.0. The standard InChI is InChI=1S/C35H21F9O3/c1-3-21-14-23(33-45-17-19(2)18-46-33)7-6-22(21)5-4-20-12-29(37)31(30(38)13-20)35(43,44)47-25-8-9-26-24(15-25)16-28(36)27(32(26)39)10-11-34(40,41)42/h3,6-9,12-16,19,33H,1,17-18H2,2H3. The Bertz CT molecular complexity index is 1960. The van der Waals surface area contributed by atoms with Crippen molar-refractivity contribution in [1.82, 2.24) is 0 Å². The van der Waals surface area contributed by atoms with Crippen LogP contribution in [0.15, 0.2) is 61.2 Å². The van der Waals surface area contributed by atoms with Gasteiger partial charge in [0.05, 0.1) is 18.8 Å². The number of ether oxygens (including phenoxy) is 3. The van der Waals surface area contributed by atoms with Gasteiger partial charge >= 0.3 is 12.3 Å². The number of hydrogen-bond acceptors (Lipinski definition) is 3. The van der Waals surface area contributed by atoms with Crippen LogP contribution >= 0.6 is 0 Å². The fraction of sp³-hybridized carbons (Fsp3) is 0.200. The molecule has 12 heteroatoms. The molecule has 0 bridgehead atoms. The minimum Gasteiger partial charge on any atom is -0.429 e. The first-order chi connectivity index (χ1) is 22.1. The molecule has 1 heterocycles. The Balaban J connectivity index is 1.38. The first-order valence-electron chi connectivity index (χ1n) is 13.7. The molecule has 4 aromatic carbocycles. The Morgan fingerprint density at radius 2 is 1.51 bits per heavy atom. The van der Waals surface area contributed by atoms with Crippen molar-refractivity contribution in [1.29, 1.82) is 0 Å². The summed E-state index contributed by atoms with van der Waals surface area (Å²) in [5, 5.41) is -0.855. The van der Waals surface area contributed by atoms with Gasteiger partial charge in [-0.15, -0.1) is 0 Å². The van der Waals surface area contributed by atoms with Gasteiger partial charge in [0.25, 0.3) is 0 Å². The molecule has 3 nitrogen and oxygen atoms in total. The molecule has 0 spiro atoms. The molecule has 0 saturated carbocycles. The predicted molar refractivity (Wildman–Crippen MR) is 154 cm³/mol. The van der Waals surface area contributed by atoms with Crippen LogP contribution in [0.3, 0.4) is 0 Å². The van der Waals surface area contributed by atoms with Crippen molar-refractivity contribution in [3.8, 4) is 29.4 Å². The van der Waals surface area contributed by atoms with Crippen molar-refractivity contribution < 1.29 is 53.7 Å². The minimum absolute atomic E-state index is 0.249. The molecule has 4 aromatic rings. The summed E-state index contributed by atoms with van der Waals surface area (Å²) < 4.78 is 142. The topological polar surface area (TPSA) is 27.7 Å². The second-order valence-electron chi connectivity index (χ2n) is 10.5. The summed E-state index contributed by atoms with van der Waals surface area (Å²) in [7, 11) is 0. The first-order valence-corrected chi connectivity index (χ1v) is 13.7. The highest BCUT2D eigenvalue weighted by molar-refractivity contribution is 5.86. The molecule has 0 atom stereocenters. The highest BCUT2D eigenvalue weighted by Crippen LogP contribution is 2.37. The number of halogens is 9. The lowest BCUT2D eigenvalue weighted by atomic mass is 10.0. The Hall–Kier alpha value is -4.91. The summed E-state index contributed by atoms with van der Waals surface area (Å²) in [6.07, 6.45) is -8.70. The number of benzene rings is 4. The van der Waals surface area contributed by atoms with Crippen LogP contribution in [-0.4, -0.2) is 19.4 Å². The minimum atomic E-state index is -5.02. The van der Waals surface area contributed by atoms with Crippen LogP contribution < -0.4 is 4.74 Å². The van der Waals surface area contributed by atoms with E-state index < -0.39 is 69.5 Å². The van der Waals surface area contributed by atoms with Gasteiger partial charge in [0.2, 0.25) is 0 Å². The molecule has 0 aromatic heterocycles. The quantitative estimate of drug-likeness (QED) is 0.158. The monoisotopic (exact) mass is 660 g/mol.